The maximum Gasteiger partial charge on any atom is 0.321 e. The standard InChI is InChI=1S/C18H24F2N2O3/c19-18(20)8-10-22(11-9-18)17(23)21-14-4-6-15(7-5-14)25-13-16-3-1-2-12-24-16/h4-7,16H,1-3,8-13H2,(H,21,23)/t16-/m1/s1. The van der Waals surface area contributed by atoms with Gasteiger partial charge in [0, 0.05) is 38.2 Å². The molecule has 2 fully saturated rings. The number of halogens is 2. The number of benzene rings is 1. The maximum atomic E-state index is 13.1. The molecule has 2 amide bonds. The molecule has 2 aliphatic rings. The number of hydrogen-bond donors (Lipinski definition) is 1. The quantitative estimate of drug-likeness (QED) is 0.892. The van der Waals surface area contributed by atoms with Crippen LogP contribution < -0.4 is 10.1 Å². The van der Waals surface area contributed by atoms with Gasteiger partial charge in [-0.25, -0.2) is 13.6 Å². The fraction of sp³-hybridized carbons (Fsp3) is 0.611. The Balaban J connectivity index is 1.44. The third-order valence-corrected chi connectivity index (χ3v) is 4.60. The number of ether oxygens (including phenoxy) is 2. The van der Waals surface area contributed by atoms with Crippen LogP contribution in [0.25, 0.3) is 0 Å². The number of hydrogen-bond acceptors (Lipinski definition) is 3. The second-order valence-electron chi connectivity index (χ2n) is 6.60. The van der Waals surface area contributed by atoms with Gasteiger partial charge in [0.1, 0.15) is 12.4 Å². The normalized spacial score (nSPS) is 23.1. The van der Waals surface area contributed by atoms with Crippen LogP contribution in [0.3, 0.4) is 0 Å². The minimum atomic E-state index is -2.65. The van der Waals surface area contributed by atoms with Crippen LogP contribution in [0.2, 0.25) is 0 Å². The van der Waals surface area contributed by atoms with E-state index in [9.17, 15) is 13.6 Å². The topological polar surface area (TPSA) is 50.8 Å². The van der Waals surface area contributed by atoms with E-state index in [0.29, 0.717) is 18.0 Å². The minimum Gasteiger partial charge on any atom is -0.491 e. The molecule has 1 aromatic carbocycles. The van der Waals surface area contributed by atoms with Crippen LogP contribution in [0, 0.1) is 0 Å². The number of anilines is 1. The largest absolute Gasteiger partial charge is 0.491 e. The van der Waals surface area contributed by atoms with Crippen molar-refractivity contribution < 1.29 is 23.0 Å². The van der Waals surface area contributed by atoms with E-state index in [1.54, 1.807) is 24.3 Å². The van der Waals surface area contributed by atoms with E-state index in [1.165, 1.54) is 11.3 Å². The Bertz CT molecular complexity index is 564. The molecular formula is C18H24F2N2O3. The summed E-state index contributed by atoms with van der Waals surface area (Å²) >= 11 is 0. The Morgan fingerprint density at radius 2 is 1.96 bits per heavy atom. The number of likely N-dealkylation sites (tertiary alicyclic amines) is 1. The zero-order chi connectivity index (χ0) is 17.7. The monoisotopic (exact) mass is 354 g/mol. The van der Waals surface area contributed by atoms with E-state index < -0.39 is 5.92 Å². The first kappa shape index (κ1) is 17.9. The van der Waals surface area contributed by atoms with Crippen LogP contribution in [0.15, 0.2) is 24.3 Å². The highest BCUT2D eigenvalue weighted by Crippen LogP contribution is 2.28. The molecule has 0 radical (unpaired) electrons. The van der Waals surface area contributed by atoms with Gasteiger partial charge in [-0.3, -0.25) is 0 Å². The van der Waals surface area contributed by atoms with Crippen molar-refractivity contribution in [2.24, 2.45) is 0 Å². The summed E-state index contributed by atoms with van der Waals surface area (Å²) in [6.07, 6.45) is 2.88. The van der Waals surface area contributed by atoms with Crippen molar-refractivity contribution in [3.05, 3.63) is 24.3 Å². The average molecular weight is 354 g/mol. The molecule has 0 spiro atoms. The Morgan fingerprint density at radius 3 is 2.60 bits per heavy atom. The minimum absolute atomic E-state index is 0.0708. The summed E-state index contributed by atoms with van der Waals surface area (Å²) < 4.78 is 37.6. The van der Waals surface area contributed by atoms with Crippen LogP contribution in [-0.2, 0) is 4.74 Å². The number of nitrogens with one attached hydrogen (secondary N) is 1. The number of carbonyl (C=O) groups excluding carboxylic acids is 1. The maximum absolute atomic E-state index is 13.1. The first-order chi connectivity index (χ1) is 12.0. The summed E-state index contributed by atoms with van der Waals surface area (Å²) in [7, 11) is 0. The summed E-state index contributed by atoms with van der Waals surface area (Å²) in [5.41, 5.74) is 0.614. The summed E-state index contributed by atoms with van der Waals surface area (Å²) in [6.45, 7) is 1.46. The average Bonchev–Trinajstić information content (AvgIpc) is 2.62. The molecule has 7 heteroatoms. The molecule has 2 aliphatic heterocycles. The third kappa shape index (κ3) is 5.29. The zero-order valence-electron chi connectivity index (χ0n) is 14.2. The predicted molar refractivity (Wildman–Crippen MR) is 90.3 cm³/mol. The van der Waals surface area contributed by atoms with E-state index in [-0.39, 0.29) is 38.1 Å². The number of amides is 2. The van der Waals surface area contributed by atoms with Crippen LogP contribution in [0.5, 0.6) is 5.75 Å². The summed E-state index contributed by atoms with van der Waals surface area (Å²) in [5.74, 6) is -1.94. The second kappa shape index (κ2) is 7.99. The first-order valence-corrected chi connectivity index (χ1v) is 8.80. The van der Waals surface area contributed by atoms with E-state index >= 15 is 0 Å². The van der Waals surface area contributed by atoms with Gasteiger partial charge < -0.3 is 19.7 Å². The number of rotatable bonds is 4. The number of carbonyl (C=O) groups is 1. The summed E-state index contributed by atoms with van der Waals surface area (Å²) in [4.78, 5) is 13.5. The molecular weight excluding hydrogens is 330 g/mol. The molecule has 1 N–H and O–H groups in total. The Morgan fingerprint density at radius 1 is 1.24 bits per heavy atom. The second-order valence-corrected chi connectivity index (χ2v) is 6.60. The van der Waals surface area contributed by atoms with Crippen molar-refractivity contribution in [1.29, 1.82) is 0 Å². The molecule has 0 bridgehead atoms. The highest BCUT2D eigenvalue weighted by atomic mass is 19.3. The van der Waals surface area contributed by atoms with Crippen molar-refractivity contribution in [3.63, 3.8) is 0 Å². The predicted octanol–water partition coefficient (Wildman–Crippen LogP) is 3.90. The number of alkyl halides is 2. The number of urea groups is 1. The lowest BCUT2D eigenvalue weighted by molar-refractivity contribution is -0.0461. The smallest absolute Gasteiger partial charge is 0.321 e. The molecule has 0 unspecified atom stereocenters. The molecule has 2 heterocycles. The van der Waals surface area contributed by atoms with Crippen molar-refractivity contribution in [2.45, 2.75) is 44.1 Å². The van der Waals surface area contributed by atoms with Gasteiger partial charge in [0.05, 0.1) is 6.10 Å². The van der Waals surface area contributed by atoms with Gasteiger partial charge >= 0.3 is 6.03 Å². The van der Waals surface area contributed by atoms with Gasteiger partial charge in [0.2, 0.25) is 0 Å². The number of piperidine rings is 1. The van der Waals surface area contributed by atoms with E-state index in [1.807, 2.05) is 0 Å². The van der Waals surface area contributed by atoms with Crippen molar-refractivity contribution >= 4 is 11.7 Å². The highest BCUT2D eigenvalue weighted by Gasteiger charge is 2.35. The molecule has 0 aromatic heterocycles. The van der Waals surface area contributed by atoms with Crippen LogP contribution in [0.1, 0.15) is 32.1 Å². The molecule has 0 saturated carbocycles. The van der Waals surface area contributed by atoms with Crippen molar-refractivity contribution in [2.75, 3.05) is 31.6 Å². The molecule has 25 heavy (non-hydrogen) atoms. The summed E-state index contributed by atoms with van der Waals surface area (Å²) in [6, 6.07) is 6.70. The highest BCUT2D eigenvalue weighted by molar-refractivity contribution is 5.89. The Kier molecular flexibility index (Phi) is 5.73. The van der Waals surface area contributed by atoms with Crippen LogP contribution in [0.4, 0.5) is 19.3 Å². The lowest BCUT2D eigenvalue weighted by Crippen LogP contribution is -2.44. The molecule has 0 aliphatic carbocycles. The molecule has 5 nitrogen and oxygen atoms in total. The molecule has 2 saturated heterocycles. The third-order valence-electron chi connectivity index (χ3n) is 4.60. The van der Waals surface area contributed by atoms with Gasteiger partial charge in [-0.05, 0) is 43.5 Å². The lowest BCUT2D eigenvalue weighted by Gasteiger charge is -2.31. The van der Waals surface area contributed by atoms with Gasteiger partial charge in [-0.1, -0.05) is 0 Å². The van der Waals surface area contributed by atoms with E-state index in [2.05, 4.69) is 5.32 Å². The van der Waals surface area contributed by atoms with Crippen LogP contribution >= 0.6 is 0 Å². The SMILES string of the molecule is O=C(Nc1ccc(OC[C@H]2CCCCO2)cc1)N1CCC(F)(F)CC1. The fourth-order valence-electron chi connectivity index (χ4n) is 3.00. The molecule has 1 atom stereocenters. The van der Waals surface area contributed by atoms with Crippen molar-refractivity contribution in [1.82, 2.24) is 4.90 Å². The van der Waals surface area contributed by atoms with Crippen molar-refractivity contribution in [3.8, 4) is 5.75 Å². The van der Waals surface area contributed by atoms with Gasteiger partial charge in [0.25, 0.3) is 5.92 Å². The van der Waals surface area contributed by atoms with E-state index in [4.69, 9.17) is 9.47 Å². The summed E-state index contributed by atoms with van der Waals surface area (Å²) in [5, 5.41) is 2.73. The lowest BCUT2D eigenvalue weighted by atomic mass is 10.1. The zero-order valence-corrected chi connectivity index (χ0v) is 14.2. The van der Waals surface area contributed by atoms with Crippen LogP contribution in [-0.4, -0.2) is 49.3 Å². The molecule has 3 rings (SSSR count). The van der Waals surface area contributed by atoms with Gasteiger partial charge in [-0.2, -0.15) is 0 Å². The first-order valence-electron chi connectivity index (χ1n) is 8.80. The molecule has 1 aromatic rings. The van der Waals surface area contributed by atoms with Gasteiger partial charge in [-0.15, -0.1) is 0 Å². The fourth-order valence-corrected chi connectivity index (χ4v) is 3.00. The number of nitrogens with zero attached hydrogens (tertiary/aromatic N) is 1. The van der Waals surface area contributed by atoms with E-state index in [0.717, 1.165) is 19.4 Å². The Labute approximate surface area is 146 Å². The molecule has 138 valence electrons. The van der Waals surface area contributed by atoms with Gasteiger partial charge in [0.15, 0.2) is 0 Å². The Hall–Kier alpha value is -1.89.